The van der Waals surface area contributed by atoms with Gasteiger partial charge >= 0.3 is 0 Å². The zero-order valence-electron chi connectivity index (χ0n) is 6.94. The fourth-order valence-corrected chi connectivity index (χ4v) is 0. The molecule has 0 heterocycles. The molecule has 0 rings (SSSR count). The van der Waals surface area contributed by atoms with Crippen LogP contribution in [0, 0.1) is 58.3 Å². The summed E-state index contributed by atoms with van der Waals surface area (Å²) in [6, 6.07) is 0. The molecular formula is O12Pu2S3-6. The summed E-state index contributed by atoms with van der Waals surface area (Å²) in [4.78, 5) is 0. The van der Waals surface area contributed by atoms with Crippen molar-refractivity contribution in [3.8, 4) is 0 Å². The summed E-state index contributed by atoms with van der Waals surface area (Å²) < 4.78 is 102. The molecule has 108 valence electrons. The molecular weight excluding hydrogens is 776 g/mol. The van der Waals surface area contributed by atoms with Gasteiger partial charge in [0.2, 0.25) is 0 Å². The van der Waals surface area contributed by atoms with E-state index < -0.39 is 31.2 Å². The minimum atomic E-state index is -5.17. The van der Waals surface area contributed by atoms with Gasteiger partial charge in [-0.1, -0.05) is 0 Å². The Labute approximate surface area is 140 Å². The van der Waals surface area contributed by atoms with Crippen LogP contribution in [-0.2, 0) is 31.2 Å². The topological polar surface area (TPSA) is 241 Å². The molecule has 0 saturated heterocycles. The van der Waals surface area contributed by atoms with Crippen LogP contribution in [0.3, 0.4) is 0 Å². The first-order valence-electron chi connectivity index (χ1n) is 2.00. The molecule has 0 aliphatic carbocycles. The summed E-state index contributed by atoms with van der Waals surface area (Å²) in [6.07, 6.45) is 0. The first-order valence-corrected chi connectivity index (χ1v) is 6.00. The van der Waals surface area contributed by atoms with Gasteiger partial charge in [0.25, 0.3) is 0 Å². The molecule has 17 heavy (non-hydrogen) atoms. The Morgan fingerprint density at radius 2 is 0.412 bits per heavy atom. The molecule has 0 radical (unpaired) electrons. The van der Waals surface area contributed by atoms with E-state index in [-0.39, 0.29) is 58.3 Å². The predicted octanol–water partition coefficient (Wildman–Crippen LogP) is -4.01. The number of rotatable bonds is 0. The average Bonchev–Trinajstić information content (AvgIpc) is 1.41. The van der Waals surface area contributed by atoms with Crippen LogP contribution < -0.4 is 0 Å². The summed E-state index contributed by atoms with van der Waals surface area (Å²) in [7, 11) is -15.5. The second-order valence-electron chi connectivity index (χ2n) is 1.22. The van der Waals surface area contributed by atoms with E-state index in [1.807, 2.05) is 0 Å². The van der Waals surface area contributed by atoms with Gasteiger partial charge in [-0.05, 0) is 0 Å². The molecule has 0 spiro atoms. The molecule has 17 heteroatoms. The largest absolute Gasteiger partial charge is 0.759 e. The van der Waals surface area contributed by atoms with E-state index in [4.69, 9.17) is 52.6 Å². The van der Waals surface area contributed by atoms with E-state index in [9.17, 15) is 0 Å². The third-order valence-electron chi connectivity index (χ3n) is 0. The molecule has 0 aliphatic rings. The summed E-state index contributed by atoms with van der Waals surface area (Å²) in [5, 5.41) is 0. The van der Waals surface area contributed by atoms with Crippen LogP contribution >= 0.6 is 0 Å². The first kappa shape index (κ1) is 31.1. The molecule has 0 aromatic carbocycles. The SMILES string of the molecule is O=S(=O)([O-])[O-].O=S(=O)([O-])[O-].O=S(=O)([O-])[O-].[Pu].[Pu]. The molecule has 0 bridgehead atoms. The Morgan fingerprint density at radius 1 is 0.412 bits per heavy atom. The van der Waals surface area contributed by atoms with Gasteiger partial charge in [-0.25, -0.2) is 0 Å². The van der Waals surface area contributed by atoms with Crippen molar-refractivity contribution in [1.82, 2.24) is 0 Å². The molecule has 0 amide bonds. The molecule has 0 aromatic heterocycles. The molecule has 0 aromatic rings. The van der Waals surface area contributed by atoms with Crippen LogP contribution in [0.5, 0.6) is 0 Å². The van der Waals surface area contributed by atoms with Crippen molar-refractivity contribution in [2.24, 2.45) is 0 Å². The average molecular weight is 776 g/mol. The number of hydrogen-bond acceptors (Lipinski definition) is 12. The zero-order valence-corrected chi connectivity index (χ0v) is 16.2. The minimum absolute atomic E-state index is 0. The van der Waals surface area contributed by atoms with Crippen molar-refractivity contribution in [2.75, 3.05) is 0 Å². The van der Waals surface area contributed by atoms with E-state index in [1.54, 1.807) is 0 Å². The van der Waals surface area contributed by atoms with Crippen LogP contribution in [0.2, 0.25) is 0 Å². The van der Waals surface area contributed by atoms with Crippen molar-refractivity contribution in [1.29, 1.82) is 0 Å². The van der Waals surface area contributed by atoms with Gasteiger partial charge in [-0.15, -0.1) is 0 Å². The van der Waals surface area contributed by atoms with Gasteiger partial charge in [0.15, 0.2) is 0 Å². The van der Waals surface area contributed by atoms with Crippen molar-refractivity contribution >= 4 is 31.2 Å². The number of hydrogen-bond donors (Lipinski definition) is 0. The third kappa shape index (κ3) is 1700. The van der Waals surface area contributed by atoms with E-state index >= 15 is 0 Å². The standard InChI is InChI=1S/3H2O4S.2Pu/c3*1-5(2,3)4;;/h3*(H2,1,2,3,4);;/p-6. The quantitative estimate of drug-likeness (QED) is 0.169. The van der Waals surface area contributed by atoms with Gasteiger partial charge in [0.1, 0.15) is 0 Å². The van der Waals surface area contributed by atoms with E-state index in [1.165, 1.54) is 0 Å². The fraction of sp³-hybridized carbons (Fsp3) is 0. The summed E-state index contributed by atoms with van der Waals surface area (Å²) in [5.41, 5.74) is 0. The monoisotopic (exact) mass is 764 g/mol. The second-order valence-corrected chi connectivity index (χ2v) is 3.67. The Morgan fingerprint density at radius 3 is 0.412 bits per heavy atom. The van der Waals surface area contributed by atoms with Gasteiger partial charge in [-0.3, -0.25) is 25.3 Å². The Kier molecular flexibility index (Phi) is 23.1. The summed E-state index contributed by atoms with van der Waals surface area (Å²) >= 11 is 0. The van der Waals surface area contributed by atoms with E-state index in [0.717, 1.165) is 0 Å². The minimum Gasteiger partial charge on any atom is -0.759 e. The van der Waals surface area contributed by atoms with Crippen molar-refractivity contribution in [2.45, 2.75) is 0 Å². The van der Waals surface area contributed by atoms with Gasteiger partial charge in [0.05, 0.1) is 0 Å². The van der Waals surface area contributed by atoms with Crippen LogP contribution in [-0.4, -0.2) is 52.6 Å². The predicted molar refractivity (Wildman–Crippen MR) is 31.4 cm³/mol. The second kappa shape index (κ2) is 12.6. The summed E-state index contributed by atoms with van der Waals surface area (Å²) in [5.74, 6) is 0. The Hall–Kier alpha value is 1.58. The molecule has 0 saturated carbocycles. The van der Waals surface area contributed by atoms with Gasteiger partial charge in [-0.2, -0.15) is 0 Å². The van der Waals surface area contributed by atoms with Gasteiger partial charge < -0.3 is 27.3 Å². The third-order valence-corrected chi connectivity index (χ3v) is 0. The summed E-state index contributed by atoms with van der Waals surface area (Å²) in [6.45, 7) is 0. The van der Waals surface area contributed by atoms with E-state index in [0.29, 0.717) is 0 Å². The maximum Gasteiger partial charge on any atom is 0.0311 e. The molecule has 0 N–H and O–H groups in total. The van der Waals surface area contributed by atoms with E-state index in [2.05, 4.69) is 0 Å². The normalized spacial score (nSPS) is 10.2. The van der Waals surface area contributed by atoms with Crippen molar-refractivity contribution in [3.63, 3.8) is 0 Å². The van der Waals surface area contributed by atoms with Crippen LogP contribution in [0.4, 0.5) is 0 Å². The molecule has 0 aliphatic heterocycles. The Balaban J connectivity index is -0.0000000400. The van der Waals surface area contributed by atoms with Crippen LogP contribution in [0.25, 0.3) is 0 Å². The van der Waals surface area contributed by atoms with Gasteiger partial charge in [0, 0.05) is 89.5 Å². The maximum absolute atomic E-state index is 8.52. The zero-order chi connectivity index (χ0) is 13.5. The Bertz CT molecular complexity index is 341. The maximum atomic E-state index is 8.52. The molecule has 0 fully saturated rings. The molecule has 0 unspecified atom stereocenters. The van der Waals surface area contributed by atoms with Crippen LogP contribution in [0.1, 0.15) is 0 Å². The fourth-order valence-electron chi connectivity index (χ4n) is 0. The molecule has 12 nitrogen and oxygen atoms in total. The molecule has 0 atom stereocenters. The van der Waals surface area contributed by atoms with Crippen molar-refractivity contribution < 1.29 is 111 Å². The first-order chi connectivity index (χ1) is 6.00. The van der Waals surface area contributed by atoms with Crippen molar-refractivity contribution in [3.05, 3.63) is 0 Å². The van der Waals surface area contributed by atoms with Crippen LogP contribution in [0.15, 0.2) is 0 Å². The smallest absolute Gasteiger partial charge is 0.0311 e.